The zero-order valence-electron chi connectivity index (χ0n) is 16.9. The van der Waals surface area contributed by atoms with Gasteiger partial charge in [-0.15, -0.1) is 0 Å². The van der Waals surface area contributed by atoms with Crippen molar-refractivity contribution in [3.05, 3.63) is 64.5 Å². The van der Waals surface area contributed by atoms with E-state index in [0.717, 1.165) is 5.69 Å². The van der Waals surface area contributed by atoms with E-state index >= 15 is 0 Å². The van der Waals surface area contributed by atoms with Gasteiger partial charge in [0.2, 0.25) is 5.88 Å². The molecule has 4 rings (SSSR count). The fourth-order valence-corrected chi connectivity index (χ4v) is 3.54. The normalized spacial score (nSPS) is 12.9. The molecule has 3 aromatic rings. The van der Waals surface area contributed by atoms with E-state index in [4.69, 9.17) is 4.74 Å². The van der Waals surface area contributed by atoms with Crippen LogP contribution in [0.5, 0.6) is 5.88 Å². The lowest BCUT2D eigenvalue weighted by atomic mass is 10.2. The number of aromatic nitrogens is 4. The van der Waals surface area contributed by atoms with E-state index in [1.807, 2.05) is 19.1 Å². The van der Waals surface area contributed by atoms with Crippen LogP contribution in [0.25, 0.3) is 11.4 Å². The van der Waals surface area contributed by atoms with Crippen molar-refractivity contribution in [2.45, 2.75) is 31.6 Å². The third-order valence-corrected chi connectivity index (χ3v) is 5.61. The van der Waals surface area contributed by atoms with Crippen molar-refractivity contribution in [1.29, 1.82) is 0 Å². The highest BCUT2D eigenvalue weighted by molar-refractivity contribution is 8.01. The van der Waals surface area contributed by atoms with Gasteiger partial charge in [0, 0.05) is 17.1 Å². The number of H-pyrrole nitrogens is 1. The minimum Gasteiger partial charge on any atom is -0.477 e. The number of carbonyl (C=O) groups is 1. The van der Waals surface area contributed by atoms with Crippen LogP contribution in [-0.4, -0.2) is 37.7 Å². The molecule has 1 saturated carbocycles. The van der Waals surface area contributed by atoms with Crippen LogP contribution in [0.3, 0.4) is 0 Å². The van der Waals surface area contributed by atoms with Gasteiger partial charge in [0.15, 0.2) is 0 Å². The van der Waals surface area contributed by atoms with E-state index in [9.17, 15) is 9.59 Å². The van der Waals surface area contributed by atoms with Gasteiger partial charge in [-0.3, -0.25) is 19.6 Å². The summed E-state index contributed by atoms with van der Waals surface area (Å²) in [7, 11) is 0. The fourth-order valence-electron chi connectivity index (χ4n) is 2.74. The quantitative estimate of drug-likeness (QED) is 0.436. The van der Waals surface area contributed by atoms with Crippen LogP contribution in [0.1, 0.15) is 35.8 Å². The fraction of sp³-hybridized carbons (Fsp3) is 0.286. The number of aromatic amines is 1. The number of hydrogen-bond acceptors (Lipinski definition) is 8. The first-order valence-corrected chi connectivity index (χ1v) is 10.8. The first-order valence-electron chi connectivity index (χ1n) is 9.95. The number of hydrogen-bond donors (Lipinski definition) is 3. The molecule has 0 saturated heterocycles. The highest BCUT2D eigenvalue weighted by Crippen LogP contribution is 2.34. The molecule has 31 heavy (non-hydrogen) atoms. The molecule has 0 spiro atoms. The van der Waals surface area contributed by atoms with E-state index < -0.39 is 11.5 Å². The van der Waals surface area contributed by atoms with Crippen LogP contribution < -0.4 is 20.3 Å². The molecular formula is C21H22N6O3S. The number of carbonyl (C=O) groups excluding carboxylic acids is 1. The minimum atomic E-state index is -0.511. The Morgan fingerprint density at radius 1 is 1.29 bits per heavy atom. The SMILES string of the molecule is CCOc1cncc(-c2ccc(C(=O)NCc3cc(NSC4CC4)ccn3)c(=O)[nH]2)n1. The Bertz CT molecular complexity index is 1130. The van der Waals surface area contributed by atoms with Crippen molar-refractivity contribution in [3.63, 3.8) is 0 Å². The van der Waals surface area contributed by atoms with Crippen LogP contribution in [0, 0.1) is 0 Å². The summed E-state index contributed by atoms with van der Waals surface area (Å²) in [4.78, 5) is 40.3. The van der Waals surface area contributed by atoms with Crippen molar-refractivity contribution in [2.24, 2.45) is 0 Å². The predicted molar refractivity (Wildman–Crippen MR) is 119 cm³/mol. The molecule has 0 atom stereocenters. The van der Waals surface area contributed by atoms with E-state index in [1.165, 1.54) is 31.3 Å². The highest BCUT2D eigenvalue weighted by atomic mass is 32.2. The van der Waals surface area contributed by atoms with E-state index in [-0.39, 0.29) is 12.1 Å². The summed E-state index contributed by atoms with van der Waals surface area (Å²) in [5, 5.41) is 3.42. The monoisotopic (exact) mass is 438 g/mol. The average molecular weight is 439 g/mol. The summed E-state index contributed by atoms with van der Waals surface area (Å²) in [6, 6.07) is 6.85. The number of ether oxygens (including phenoxy) is 1. The molecule has 1 aliphatic rings. The number of rotatable bonds is 9. The van der Waals surface area contributed by atoms with Gasteiger partial charge in [-0.1, -0.05) is 0 Å². The van der Waals surface area contributed by atoms with Gasteiger partial charge in [0.1, 0.15) is 11.3 Å². The van der Waals surface area contributed by atoms with Crippen LogP contribution in [0.4, 0.5) is 5.69 Å². The number of amides is 1. The van der Waals surface area contributed by atoms with Crippen LogP contribution >= 0.6 is 11.9 Å². The molecule has 3 aromatic heterocycles. The molecular weight excluding hydrogens is 416 g/mol. The molecule has 10 heteroatoms. The molecule has 0 aliphatic heterocycles. The Morgan fingerprint density at radius 2 is 2.16 bits per heavy atom. The molecule has 1 amide bonds. The average Bonchev–Trinajstić information content (AvgIpc) is 3.61. The summed E-state index contributed by atoms with van der Waals surface area (Å²) in [5.74, 6) is -0.114. The summed E-state index contributed by atoms with van der Waals surface area (Å²) < 4.78 is 8.63. The second kappa shape index (κ2) is 9.61. The Labute approximate surface area is 183 Å². The maximum absolute atomic E-state index is 12.5. The van der Waals surface area contributed by atoms with Crippen molar-refractivity contribution in [3.8, 4) is 17.3 Å². The summed E-state index contributed by atoms with van der Waals surface area (Å²) in [6.07, 6.45) is 7.18. The summed E-state index contributed by atoms with van der Waals surface area (Å²) >= 11 is 1.70. The third kappa shape index (κ3) is 5.60. The van der Waals surface area contributed by atoms with Gasteiger partial charge in [-0.05, 0) is 56.0 Å². The van der Waals surface area contributed by atoms with Gasteiger partial charge >= 0.3 is 0 Å². The highest BCUT2D eigenvalue weighted by Gasteiger charge is 2.22. The van der Waals surface area contributed by atoms with Crippen molar-refractivity contribution >= 4 is 23.5 Å². The predicted octanol–water partition coefficient (Wildman–Crippen LogP) is 2.78. The van der Waals surface area contributed by atoms with Crippen molar-refractivity contribution in [2.75, 3.05) is 11.3 Å². The van der Waals surface area contributed by atoms with Crippen molar-refractivity contribution in [1.82, 2.24) is 25.3 Å². The first-order chi connectivity index (χ1) is 15.1. The maximum Gasteiger partial charge on any atom is 0.261 e. The van der Waals surface area contributed by atoms with Gasteiger partial charge in [-0.25, -0.2) is 4.98 Å². The number of anilines is 1. The first kappa shape index (κ1) is 20.9. The van der Waals surface area contributed by atoms with Crippen LogP contribution in [0.2, 0.25) is 0 Å². The standard InChI is InChI=1S/C21H22N6O3S/c1-2-30-19-12-22-11-18(25-19)17-6-5-16(21(29)26-17)20(28)24-10-14-9-13(7-8-23-14)27-31-15-3-4-15/h5-9,11-12,15H,2-4,10H2,1H3,(H,23,27)(H,24,28)(H,26,29). The van der Waals surface area contributed by atoms with Gasteiger partial charge in [0.05, 0.1) is 36.9 Å². The Hall–Kier alpha value is -3.40. The smallest absolute Gasteiger partial charge is 0.261 e. The Morgan fingerprint density at radius 3 is 2.94 bits per heavy atom. The molecule has 3 N–H and O–H groups in total. The molecule has 160 valence electrons. The van der Waals surface area contributed by atoms with Crippen LogP contribution in [-0.2, 0) is 6.54 Å². The third-order valence-electron chi connectivity index (χ3n) is 4.45. The number of nitrogens with one attached hydrogen (secondary N) is 3. The Balaban J connectivity index is 1.40. The molecule has 9 nitrogen and oxygen atoms in total. The molecule has 0 radical (unpaired) electrons. The molecule has 1 fully saturated rings. The summed E-state index contributed by atoms with van der Waals surface area (Å²) in [5.41, 5.74) is 2.04. The summed E-state index contributed by atoms with van der Waals surface area (Å²) in [6.45, 7) is 2.52. The maximum atomic E-state index is 12.5. The second-order valence-corrected chi connectivity index (χ2v) is 8.03. The van der Waals surface area contributed by atoms with E-state index in [2.05, 4.69) is 30.0 Å². The number of pyridine rings is 2. The minimum absolute atomic E-state index is 0.0104. The van der Waals surface area contributed by atoms with Crippen LogP contribution in [0.15, 0.2) is 47.7 Å². The zero-order chi connectivity index (χ0) is 21.6. The van der Waals surface area contributed by atoms with Gasteiger partial charge < -0.3 is 19.8 Å². The van der Waals surface area contributed by atoms with Gasteiger partial charge in [-0.2, -0.15) is 0 Å². The van der Waals surface area contributed by atoms with Gasteiger partial charge in [0.25, 0.3) is 11.5 Å². The van der Waals surface area contributed by atoms with E-state index in [0.29, 0.717) is 34.8 Å². The largest absolute Gasteiger partial charge is 0.477 e. The number of nitrogens with zero attached hydrogens (tertiary/aromatic N) is 3. The van der Waals surface area contributed by atoms with Crippen molar-refractivity contribution < 1.29 is 9.53 Å². The molecule has 0 bridgehead atoms. The van der Waals surface area contributed by atoms with E-state index in [1.54, 1.807) is 24.2 Å². The zero-order valence-corrected chi connectivity index (χ0v) is 17.7. The lowest BCUT2D eigenvalue weighted by molar-refractivity contribution is 0.0949. The molecule has 0 aromatic carbocycles. The topological polar surface area (TPSA) is 122 Å². The molecule has 1 aliphatic carbocycles. The second-order valence-electron chi connectivity index (χ2n) is 6.93. The Kier molecular flexibility index (Phi) is 6.46. The molecule has 3 heterocycles. The molecule has 0 unspecified atom stereocenters. The lowest BCUT2D eigenvalue weighted by Gasteiger charge is -2.08. The lowest BCUT2D eigenvalue weighted by Crippen LogP contribution is -2.29.